The number of aliphatic hydroxyl groups is 2. The summed E-state index contributed by atoms with van der Waals surface area (Å²) < 4.78 is 5.02. The molecule has 0 saturated heterocycles. The van der Waals surface area contributed by atoms with E-state index in [1.807, 2.05) is 37.3 Å². The minimum atomic E-state index is -1.18. The molecule has 1 aromatic heterocycles. The van der Waals surface area contributed by atoms with Gasteiger partial charge < -0.3 is 20.3 Å². The average Bonchev–Trinajstić information content (AvgIpc) is 2.58. The Bertz CT molecular complexity index is 616. The number of nitrogens with zero attached hydrogens (tertiary/aromatic N) is 1. The van der Waals surface area contributed by atoms with Gasteiger partial charge in [-0.15, -0.1) is 0 Å². The van der Waals surface area contributed by atoms with Crippen LogP contribution in [-0.4, -0.2) is 33.9 Å². The van der Waals surface area contributed by atoms with Crippen molar-refractivity contribution in [3.63, 3.8) is 0 Å². The molecule has 0 radical (unpaired) electrons. The summed E-state index contributed by atoms with van der Waals surface area (Å²) in [7, 11) is 0. The molecule has 122 valence electrons. The maximum atomic E-state index is 11.6. The third kappa shape index (κ3) is 5.36. The van der Waals surface area contributed by atoms with Crippen molar-refractivity contribution in [1.29, 1.82) is 0 Å². The Hall–Kier alpha value is -2.44. The van der Waals surface area contributed by atoms with Crippen LogP contribution in [0.1, 0.15) is 22.9 Å². The maximum absolute atomic E-state index is 11.6. The molecule has 0 aliphatic heterocycles. The summed E-state index contributed by atoms with van der Waals surface area (Å²) in [6, 6.07) is 12.7. The van der Waals surface area contributed by atoms with Crippen LogP contribution in [0.3, 0.4) is 0 Å². The highest BCUT2D eigenvalue weighted by atomic mass is 16.5. The number of rotatable bonds is 6. The third-order valence-corrected chi connectivity index (χ3v) is 3.27. The molecule has 0 bridgehead atoms. The van der Waals surface area contributed by atoms with Crippen LogP contribution in [0.2, 0.25) is 0 Å². The zero-order valence-corrected chi connectivity index (χ0v) is 12.8. The minimum Gasteiger partial charge on any atom is -0.445 e. The second-order valence-electron chi connectivity index (χ2n) is 5.22. The summed E-state index contributed by atoms with van der Waals surface area (Å²) in [5, 5.41) is 22.3. The maximum Gasteiger partial charge on any atom is 0.407 e. The second kappa shape index (κ2) is 8.26. The smallest absolute Gasteiger partial charge is 0.407 e. The molecule has 0 aliphatic carbocycles. The first-order valence-corrected chi connectivity index (χ1v) is 7.29. The summed E-state index contributed by atoms with van der Waals surface area (Å²) in [5.74, 6) is 0. The molecule has 23 heavy (non-hydrogen) atoms. The number of nitrogens with one attached hydrogen (secondary N) is 1. The standard InChI is InChI=1S/C17H20N2O4/c1-12-7-8-14(18-9-12)16(21)15(20)10-19-17(22)23-11-13-5-3-2-4-6-13/h2-9,15-16,20-21H,10-11H2,1H3,(H,19,22). The van der Waals surface area contributed by atoms with Crippen LogP contribution < -0.4 is 5.32 Å². The van der Waals surface area contributed by atoms with Gasteiger partial charge in [0.2, 0.25) is 0 Å². The van der Waals surface area contributed by atoms with Crippen LogP contribution in [0, 0.1) is 6.92 Å². The van der Waals surface area contributed by atoms with Crippen LogP contribution in [0.15, 0.2) is 48.7 Å². The van der Waals surface area contributed by atoms with E-state index in [1.165, 1.54) is 0 Å². The number of pyridine rings is 1. The van der Waals surface area contributed by atoms with Gasteiger partial charge in [0.1, 0.15) is 18.8 Å². The van der Waals surface area contributed by atoms with Gasteiger partial charge in [0, 0.05) is 12.7 Å². The van der Waals surface area contributed by atoms with Gasteiger partial charge >= 0.3 is 6.09 Å². The van der Waals surface area contributed by atoms with Gasteiger partial charge in [0.25, 0.3) is 0 Å². The van der Waals surface area contributed by atoms with E-state index >= 15 is 0 Å². The number of aryl methyl sites for hydroxylation is 1. The summed E-state index contributed by atoms with van der Waals surface area (Å²) in [4.78, 5) is 15.6. The van der Waals surface area contributed by atoms with Crippen LogP contribution in [0.4, 0.5) is 4.79 Å². The Balaban J connectivity index is 1.75. The fraction of sp³-hybridized carbons (Fsp3) is 0.294. The van der Waals surface area contributed by atoms with Crippen molar-refractivity contribution in [1.82, 2.24) is 10.3 Å². The molecule has 1 heterocycles. The summed E-state index contributed by atoms with van der Waals surface area (Å²) in [6.07, 6.45) is -1.40. The molecule has 0 fully saturated rings. The lowest BCUT2D eigenvalue weighted by Gasteiger charge is -2.18. The molecule has 2 unspecified atom stereocenters. The van der Waals surface area contributed by atoms with Crippen molar-refractivity contribution >= 4 is 6.09 Å². The van der Waals surface area contributed by atoms with Gasteiger partial charge in [-0.2, -0.15) is 0 Å². The Morgan fingerprint density at radius 2 is 1.96 bits per heavy atom. The lowest BCUT2D eigenvalue weighted by Crippen LogP contribution is -2.36. The predicted octanol–water partition coefficient (Wildman–Crippen LogP) is 1.71. The average molecular weight is 316 g/mol. The number of amides is 1. The highest BCUT2D eigenvalue weighted by Crippen LogP contribution is 2.14. The highest BCUT2D eigenvalue weighted by Gasteiger charge is 2.20. The molecule has 2 atom stereocenters. The fourth-order valence-electron chi connectivity index (χ4n) is 1.92. The number of aliphatic hydroxyl groups excluding tert-OH is 2. The van der Waals surface area contributed by atoms with Gasteiger partial charge in [-0.3, -0.25) is 4.98 Å². The lowest BCUT2D eigenvalue weighted by molar-refractivity contribution is 0.0159. The molecule has 1 amide bonds. The topological polar surface area (TPSA) is 91.7 Å². The van der Waals surface area contributed by atoms with Crippen molar-refractivity contribution in [3.05, 3.63) is 65.5 Å². The highest BCUT2D eigenvalue weighted by molar-refractivity contribution is 5.67. The Morgan fingerprint density at radius 3 is 2.61 bits per heavy atom. The van der Waals surface area contributed by atoms with Crippen LogP contribution in [0.5, 0.6) is 0 Å². The van der Waals surface area contributed by atoms with Crippen molar-refractivity contribution in [2.24, 2.45) is 0 Å². The first-order valence-electron chi connectivity index (χ1n) is 7.29. The lowest BCUT2D eigenvalue weighted by atomic mass is 10.1. The molecule has 6 nitrogen and oxygen atoms in total. The first kappa shape index (κ1) is 16.9. The first-order chi connectivity index (χ1) is 11.1. The van der Waals surface area contributed by atoms with Crippen molar-refractivity contribution in [2.45, 2.75) is 25.7 Å². The van der Waals surface area contributed by atoms with Gasteiger partial charge in [-0.05, 0) is 24.1 Å². The molecule has 0 spiro atoms. The fourth-order valence-corrected chi connectivity index (χ4v) is 1.92. The number of carbonyl (C=O) groups is 1. The van der Waals surface area contributed by atoms with Crippen LogP contribution in [0.25, 0.3) is 0 Å². The number of hydrogen-bond donors (Lipinski definition) is 3. The zero-order chi connectivity index (χ0) is 16.7. The Kier molecular flexibility index (Phi) is 6.08. The van der Waals surface area contributed by atoms with E-state index in [0.29, 0.717) is 5.69 Å². The van der Waals surface area contributed by atoms with Crippen molar-refractivity contribution in [3.8, 4) is 0 Å². The van der Waals surface area contributed by atoms with Crippen molar-refractivity contribution in [2.75, 3.05) is 6.54 Å². The monoisotopic (exact) mass is 316 g/mol. The molecule has 0 saturated carbocycles. The largest absolute Gasteiger partial charge is 0.445 e. The predicted molar refractivity (Wildman–Crippen MR) is 84.6 cm³/mol. The van der Waals surface area contributed by atoms with Crippen molar-refractivity contribution < 1.29 is 19.7 Å². The summed E-state index contributed by atoms with van der Waals surface area (Å²) >= 11 is 0. The number of carbonyl (C=O) groups excluding carboxylic acids is 1. The zero-order valence-electron chi connectivity index (χ0n) is 12.8. The molecular weight excluding hydrogens is 296 g/mol. The quantitative estimate of drug-likeness (QED) is 0.754. The van der Waals surface area contributed by atoms with Gasteiger partial charge in [0.15, 0.2) is 0 Å². The number of alkyl carbamates (subject to hydrolysis) is 1. The molecule has 2 aromatic rings. The molecule has 0 aliphatic rings. The second-order valence-corrected chi connectivity index (χ2v) is 5.22. The number of benzene rings is 1. The number of hydrogen-bond acceptors (Lipinski definition) is 5. The summed E-state index contributed by atoms with van der Waals surface area (Å²) in [5.41, 5.74) is 2.17. The van der Waals surface area contributed by atoms with Gasteiger partial charge in [-0.25, -0.2) is 4.79 Å². The van der Waals surface area contributed by atoms with E-state index in [4.69, 9.17) is 4.74 Å². The van der Waals surface area contributed by atoms with E-state index in [2.05, 4.69) is 10.3 Å². The molecule has 1 aromatic carbocycles. The molecule has 2 rings (SSSR count). The van der Waals surface area contributed by atoms with E-state index in [1.54, 1.807) is 18.3 Å². The van der Waals surface area contributed by atoms with E-state index in [-0.39, 0.29) is 13.2 Å². The molecular formula is C17H20N2O4. The van der Waals surface area contributed by atoms with E-state index in [0.717, 1.165) is 11.1 Å². The van der Waals surface area contributed by atoms with Crippen LogP contribution >= 0.6 is 0 Å². The molecule has 6 heteroatoms. The Morgan fingerprint density at radius 1 is 1.22 bits per heavy atom. The van der Waals surface area contributed by atoms with Gasteiger partial charge in [-0.1, -0.05) is 36.4 Å². The number of ether oxygens (including phenoxy) is 1. The van der Waals surface area contributed by atoms with E-state index in [9.17, 15) is 15.0 Å². The SMILES string of the molecule is Cc1ccc(C(O)C(O)CNC(=O)OCc2ccccc2)nc1. The van der Waals surface area contributed by atoms with Crippen LogP contribution in [-0.2, 0) is 11.3 Å². The third-order valence-electron chi connectivity index (χ3n) is 3.27. The van der Waals surface area contributed by atoms with Gasteiger partial charge in [0.05, 0.1) is 5.69 Å². The summed E-state index contributed by atoms with van der Waals surface area (Å²) in [6.45, 7) is 1.89. The normalized spacial score (nSPS) is 13.2. The number of aromatic nitrogens is 1. The minimum absolute atomic E-state index is 0.135. The Labute approximate surface area is 134 Å². The molecule has 3 N–H and O–H groups in total. The van der Waals surface area contributed by atoms with E-state index < -0.39 is 18.3 Å².